The van der Waals surface area contributed by atoms with E-state index in [-0.39, 0.29) is 0 Å². The van der Waals surface area contributed by atoms with Crippen LogP contribution in [0, 0.1) is 12.1 Å². The predicted molar refractivity (Wildman–Crippen MR) is 33.5 cm³/mol. The highest BCUT2D eigenvalue weighted by Gasteiger charge is 1.81. The number of benzene rings is 1. The SMILES string of the molecule is CCc1[c]cc[c]c1. The molecule has 0 heterocycles. The van der Waals surface area contributed by atoms with Crippen molar-refractivity contribution in [3.8, 4) is 0 Å². The Morgan fingerprint density at radius 3 is 2.75 bits per heavy atom. The molecule has 0 saturated carbocycles. The van der Waals surface area contributed by atoms with Gasteiger partial charge >= 0.3 is 0 Å². The minimum Gasteiger partial charge on any atom is -0.0613 e. The summed E-state index contributed by atoms with van der Waals surface area (Å²) < 4.78 is 0. The summed E-state index contributed by atoms with van der Waals surface area (Å²) in [5, 5.41) is 0. The molecule has 0 nitrogen and oxygen atoms in total. The number of hydrogen-bond donors (Lipinski definition) is 0. The van der Waals surface area contributed by atoms with E-state index in [0.29, 0.717) is 0 Å². The summed E-state index contributed by atoms with van der Waals surface area (Å²) in [5.41, 5.74) is 1.23. The maximum absolute atomic E-state index is 3.09. The van der Waals surface area contributed by atoms with Gasteiger partial charge in [-0.2, -0.15) is 0 Å². The molecule has 0 aromatic heterocycles. The Morgan fingerprint density at radius 1 is 1.50 bits per heavy atom. The summed E-state index contributed by atoms with van der Waals surface area (Å²) in [5.74, 6) is 0. The van der Waals surface area contributed by atoms with Gasteiger partial charge in [0.05, 0.1) is 0 Å². The molecule has 0 aliphatic rings. The summed E-state index contributed by atoms with van der Waals surface area (Å²) in [6.07, 6.45) is 1.05. The highest BCUT2D eigenvalue weighted by Crippen LogP contribution is 1.95. The van der Waals surface area contributed by atoms with E-state index < -0.39 is 0 Å². The average molecular weight is 104 g/mol. The Morgan fingerprint density at radius 2 is 2.38 bits per heavy atom. The Kier molecular flexibility index (Phi) is 1.68. The Hall–Kier alpha value is -0.780. The maximum atomic E-state index is 3.09. The fourth-order valence-corrected chi connectivity index (χ4v) is 0.591. The standard InChI is InChI=1S/C8H8/c1-2-8-6-4-3-5-7-8/h3-4,7H,2H2,1H3. The van der Waals surface area contributed by atoms with E-state index in [1.165, 1.54) is 5.56 Å². The first kappa shape index (κ1) is 5.36. The molecule has 0 unspecified atom stereocenters. The molecule has 0 atom stereocenters. The topological polar surface area (TPSA) is 0 Å². The molecule has 8 heavy (non-hydrogen) atoms. The van der Waals surface area contributed by atoms with E-state index in [1.54, 1.807) is 0 Å². The molecule has 0 saturated heterocycles. The van der Waals surface area contributed by atoms with Crippen LogP contribution in [0.1, 0.15) is 12.5 Å². The van der Waals surface area contributed by atoms with Crippen LogP contribution in [-0.4, -0.2) is 0 Å². The maximum Gasteiger partial charge on any atom is -0.0149 e. The van der Waals surface area contributed by atoms with Crippen molar-refractivity contribution < 1.29 is 0 Å². The zero-order valence-corrected chi connectivity index (χ0v) is 4.94. The molecule has 0 aliphatic heterocycles. The first-order valence-electron chi connectivity index (χ1n) is 2.80. The number of hydrogen-bond acceptors (Lipinski definition) is 0. The van der Waals surface area contributed by atoms with Crippen molar-refractivity contribution in [1.29, 1.82) is 0 Å². The van der Waals surface area contributed by atoms with Crippen molar-refractivity contribution in [3.05, 3.63) is 35.9 Å². The molecular formula is C8H8. The van der Waals surface area contributed by atoms with E-state index >= 15 is 0 Å². The van der Waals surface area contributed by atoms with Gasteiger partial charge in [0.2, 0.25) is 0 Å². The van der Waals surface area contributed by atoms with Crippen molar-refractivity contribution >= 4 is 0 Å². The van der Waals surface area contributed by atoms with Crippen molar-refractivity contribution in [1.82, 2.24) is 0 Å². The summed E-state index contributed by atoms with van der Waals surface area (Å²) in [6.45, 7) is 2.11. The summed E-state index contributed by atoms with van der Waals surface area (Å²) in [7, 11) is 0. The van der Waals surface area contributed by atoms with Gasteiger partial charge in [-0.25, -0.2) is 0 Å². The lowest BCUT2D eigenvalue weighted by Gasteiger charge is -1.88. The van der Waals surface area contributed by atoms with E-state index in [2.05, 4.69) is 19.1 Å². The number of aryl methyl sites for hydroxylation is 1. The molecule has 2 radical (unpaired) electrons. The van der Waals surface area contributed by atoms with Crippen molar-refractivity contribution in [2.45, 2.75) is 13.3 Å². The lowest BCUT2D eigenvalue weighted by molar-refractivity contribution is 1.14. The van der Waals surface area contributed by atoms with Crippen LogP contribution in [0.25, 0.3) is 0 Å². The molecule has 0 aliphatic carbocycles. The van der Waals surface area contributed by atoms with Crippen molar-refractivity contribution in [2.75, 3.05) is 0 Å². The second kappa shape index (κ2) is 2.51. The van der Waals surface area contributed by atoms with Gasteiger partial charge in [0.15, 0.2) is 0 Å². The van der Waals surface area contributed by atoms with Gasteiger partial charge in [0, 0.05) is 0 Å². The Bertz CT molecular complexity index is 141. The molecule has 1 aromatic rings. The number of rotatable bonds is 1. The van der Waals surface area contributed by atoms with E-state index in [9.17, 15) is 0 Å². The Balaban J connectivity index is 2.83. The van der Waals surface area contributed by atoms with Crippen LogP contribution in [0.5, 0.6) is 0 Å². The molecule has 0 spiro atoms. The van der Waals surface area contributed by atoms with Crippen LogP contribution in [0.15, 0.2) is 18.2 Å². The van der Waals surface area contributed by atoms with Crippen molar-refractivity contribution in [2.24, 2.45) is 0 Å². The van der Waals surface area contributed by atoms with Crippen LogP contribution in [0.4, 0.5) is 0 Å². The summed E-state index contributed by atoms with van der Waals surface area (Å²) >= 11 is 0. The predicted octanol–water partition coefficient (Wildman–Crippen LogP) is 1.85. The van der Waals surface area contributed by atoms with Gasteiger partial charge in [-0.15, -0.1) is 0 Å². The lowest BCUT2D eigenvalue weighted by Crippen LogP contribution is -1.75. The highest BCUT2D eigenvalue weighted by molar-refractivity contribution is 5.11. The van der Waals surface area contributed by atoms with E-state index in [1.807, 2.05) is 18.2 Å². The van der Waals surface area contributed by atoms with Crippen LogP contribution < -0.4 is 0 Å². The molecule has 40 valence electrons. The lowest BCUT2D eigenvalue weighted by atomic mass is 10.2. The van der Waals surface area contributed by atoms with E-state index in [4.69, 9.17) is 0 Å². The normalized spacial score (nSPS) is 9.12. The van der Waals surface area contributed by atoms with Gasteiger partial charge in [0.25, 0.3) is 0 Å². The average Bonchev–Trinajstić information content (AvgIpc) is 1.90. The third kappa shape index (κ3) is 1.09. The smallest absolute Gasteiger partial charge is 0.0149 e. The van der Waals surface area contributed by atoms with Crippen molar-refractivity contribution in [3.63, 3.8) is 0 Å². The second-order valence-corrected chi connectivity index (χ2v) is 1.67. The van der Waals surface area contributed by atoms with E-state index in [0.717, 1.165) is 6.42 Å². The minimum atomic E-state index is 1.05. The molecule has 0 N–H and O–H groups in total. The van der Waals surface area contributed by atoms with Crippen LogP contribution in [0.3, 0.4) is 0 Å². The van der Waals surface area contributed by atoms with Gasteiger partial charge in [-0.3, -0.25) is 0 Å². The molecule has 0 fully saturated rings. The summed E-state index contributed by atoms with van der Waals surface area (Å²) in [6, 6.07) is 11.8. The highest BCUT2D eigenvalue weighted by atomic mass is 13.9. The molecule has 0 bridgehead atoms. The van der Waals surface area contributed by atoms with Crippen LogP contribution >= 0.6 is 0 Å². The third-order valence-corrected chi connectivity index (χ3v) is 1.09. The monoisotopic (exact) mass is 104 g/mol. The molecule has 1 aromatic carbocycles. The molecule has 0 amide bonds. The van der Waals surface area contributed by atoms with Gasteiger partial charge in [-0.05, 0) is 24.1 Å². The third-order valence-electron chi connectivity index (χ3n) is 1.09. The Labute approximate surface area is 50.2 Å². The molecular weight excluding hydrogens is 96.1 g/mol. The largest absolute Gasteiger partial charge is 0.0613 e. The second-order valence-electron chi connectivity index (χ2n) is 1.67. The summed E-state index contributed by atoms with van der Waals surface area (Å²) in [4.78, 5) is 0. The fraction of sp³-hybridized carbons (Fsp3) is 0.250. The first-order chi connectivity index (χ1) is 3.93. The van der Waals surface area contributed by atoms with Gasteiger partial charge in [-0.1, -0.05) is 25.1 Å². The van der Waals surface area contributed by atoms with Crippen LogP contribution in [-0.2, 0) is 6.42 Å². The minimum absolute atomic E-state index is 1.05. The zero-order valence-electron chi connectivity index (χ0n) is 4.94. The zero-order chi connectivity index (χ0) is 5.82. The van der Waals surface area contributed by atoms with Crippen LogP contribution in [0.2, 0.25) is 0 Å². The fourth-order valence-electron chi connectivity index (χ4n) is 0.591. The molecule has 1 rings (SSSR count). The quantitative estimate of drug-likeness (QED) is 0.510. The molecule has 0 heteroatoms. The first-order valence-corrected chi connectivity index (χ1v) is 2.80. The van der Waals surface area contributed by atoms with Gasteiger partial charge < -0.3 is 0 Å². The van der Waals surface area contributed by atoms with Gasteiger partial charge in [0.1, 0.15) is 0 Å².